The summed E-state index contributed by atoms with van der Waals surface area (Å²) < 4.78 is 7.94. The minimum Gasteiger partial charge on any atom is -0.478 e. The molecule has 0 atom stereocenters. The maximum absolute atomic E-state index is 12.6. The first-order valence-corrected chi connectivity index (χ1v) is 12.0. The lowest BCUT2D eigenvalue weighted by molar-refractivity contribution is 0.0696. The molecule has 3 aromatic carbocycles. The Morgan fingerprint density at radius 2 is 1.61 bits per heavy atom. The number of hydrogen-bond donors (Lipinski definition) is 2. The van der Waals surface area contributed by atoms with E-state index in [9.17, 15) is 14.7 Å². The lowest BCUT2D eigenvalue weighted by Crippen LogP contribution is -2.17. The molecular weight excluding hydrogens is 478 g/mol. The molecule has 0 fully saturated rings. The van der Waals surface area contributed by atoms with Crippen molar-refractivity contribution in [1.29, 1.82) is 0 Å². The Kier molecular flexibility index (Phi) is 6.74. The third-order valence-corrected chi connectivity index (χ3v) is 6.27. The fourth-order valence-electron chi connectivity index (χ4n) is 4.28. The average Bonchev–Trinajstić information content (AvgIpc) is 3.56. The quantitative estimate of drug-likeness (QED) is 0.196. The summed E-state index contributed by atoms with van der Waals surface area (Å²) in [4.78, 5) is 23.9. The number of nitrogens with one attached hydrogen (secondary N) is 1. The van der Waals surface area contributed by atoms with Crippen LogP contribution >= 0.6 is 0 Å². The maximum Gasteiger partial charge on any atom is 0.335 e. The van der Waals surface area contributed by atoms with Crippen LogP contribution in [-0.4, -0.2) is 27.8 Å². The Bertz CT molecular complexity index is 1640. The molecule has 1 amide bonds. The fraction of sp³-hybridized carbons (Fsp3) is 0.0645. The number of hydrazone groups is 1. The van der Waals surface area contributed by atoms with E-state index in [-0.39, 0.29) is 11.5 Å². The Morgan fingerprint density at radius 3 is 2.34 bits per heavy atom. The molecule has 0 unspecified atom stereocenters. The van der Waals surface area contributed by atoms with Gasteiger partial charge in [0.05, 0.1) is 17.5 Å². The van der Waals surface area contributed by atoms with Crippen molar-refractivity contribution in [2.45, 2.75) is 13.8 Å². The number of rotatable bonds is 7. The van der Waals surface area contributed by atoms with Gasteiger partial charge < -0.3 is 14.1 Å². The Labute approximate surface area is 219 Å². The van der Waals surface area contributed by atoms with Crippen LogP contribution in [0.3, 0.4) is 0 Å². The summed E-state index contributed by atoms with van der Waals surface area (Å²) in [7, 11) is 0. The zero-order valence-electron chi connectivity index (χ0n) is 20.9. The van der Waals surface area contributed by atoms with Gasteiger partial charge in [0, 0.05) is 22.5 Å². The van der Waals surface area contributed by atoms with Crippen LogP contribution in [0.5, 0.6) is 0 Å². The van der Waals surface area contributed by atoms with Crippen molar-refractivity contribution < 1.29 is 19.1 Å². The molecule has 0 saturated carbocycles. The summed E-state index contributed by atoms with van der Waals surface area (Å²) in [5.41, 5.74) is 8.97. The predicted molar refractivity (Wildman–Crippen MR) is 147 cm³/mol. The number of nitrogens with zero attached hydrogens (tertiary/aromatic N) is 2. The van der Waals surface area contributed by atoms with Crippen LogP contribution < -0.4 is 5.43 Å². The summed E-state index contributed by atoms with van der Waals surface area (Å²) in [5, 5.41) is 13.3. The molecule has 7 heteroatoms. The normalized spacial score (nSPS) is 11.1. The van der Waals surface area contributed by atoms with Gasteiger partial charge in [-0.05, 0) is 85.6 Å². The number of aromatic carboxylic acids is 1. The maximum atomic E-state index is 12.6. The Hall–Kier alpha value is -5.17. The van der Waals surface area contributed by atoms with Crippen molar-refractivity contribution >= 4 is 18.1 Å². The molecule has 2 N–H and O–H groups in total. The minimum absolute atomic E-state index is 0.179. The van der Waals surface area contributed by atoms with E-state index in [0.717, 1.165) is 28.2 Å². The molecule has 0 radical (unpaired) electrons. The summed E-state index contributed by atoms with van der Waals surface area (Å²) in [5.74, 6) is -0.413. The molecule has 0 aliphatic rings. The second-order valence-electron chi connectivity index (χ2n) is 8.84. The van der Waals surface area contributed by atoms with Gasteiger partial charge >= 0.3 is 5.97 Å². The van der Waals surface area contributed by atoms with Gasteiger partial charge in [-0.25, -0.2) is 10.2 Å². The van der Waals surface area contributed by atoms with Crippen LogP contribution in [0.4, 0.5) is 0 Å². The Morgan fingerprint density at radius 1 is 0.868 bits per heavy atom. The third kappa shape index (κ3) is 5.03. The number of amides is 1. The fourth-order valence-corrected chi connectivity index (χ4v) is 4.28. The first-order valence-electron chi connectivity index (χ1n) is 12.0. The van der Waals surface area contributed by atoms with Crippen LogP contribution in [-0.2, 0) is 0 Å². The predicted octanol–water partition coefficient (Wildman–Crippen LogP) is 6.48. The largest absolute Gasteiger partial charge is 0.478 e. The van der Waals surface area contributed by atoms with Gasteiger partial charge in [-0.3, -0.25) is 4.79 Å². The highest BCUT2D eigenvalue weighted by Crippen LogP contribution is 2.27. The van der Waals surface area contributed by atoms with Gasteiger partial charge in [0.1, 0.15) is 11.5 Å². The van der Waals surface area contributed by atoms with Crippen LogP contribution in [0.25, 0.3) is 28.3 Å². The van der Waals surface area contributed by atoms with E-state index in [0.29, 0.717) is 22.6 Å². The first-order chi connectivity index (χ1) is 18.4. The molecule has 188 valence electrons. The molecule has 0 spiro atoms. The van der Waals surface area contributed by atoms with Crippen LogP contribution in [0, 0.1) is 13.8 Å². The van der Waals surface area contributed by atoms with E-state index in [4.69, 9.17) is 4.42 Å². The third-order valence-electron chi connectivity index (χ3n) is 6.27. The van der Waals surface area contributed by atoms with Gasteiger partial charge in [0.2, 0.25) is 0 Å². The first kappa shape index (κ1) is 24.5. The topological polar surface area (TPSA) is 96.8 Å². The van der Waals surface area contributed by atoms with Crippen molar-refractivity contribution in [3.8, 4) is 28.3 Å². The van der Waals surface area contributed by atoms with Crippen LogP contribution in [0.1, 0.15) is 37.7 Å². The second kappa shape index (κ2) is 10.4. The SMILES string of the molecule is Cc1ccc(C(=O)O)cc1-c1ccc(/C=N/NC(=O)c2ccc(-n3c(C)ccc3-c3ccccc3)cc2)o1. The standard InChI is InChI=1S/C31H25N3O4/c1-20-8-10-24(31(36)37)18-27(20)29-17-15-26(38-29)19-32-33-30(35)23-11-13-25(14-12-23)34-21(2)9-16-28(34)22-6-4-3-5-7-22/h3-19H,1-2H3,(H,33,35)(H,36,37)/b32-19+. The van der Waals surface area contributed by atoms with E-state index in [2.05, 4.69) is 39.4 Å². The van der Waals surface area contributed by atoms with E-state index in [1.807, 2.05) is 44.2 Å². The van der Waals surface area contributed by atoms with Crippen LogP contribution in [0.15, 0.2) is 107 Å². The number of aryl methyl sites for hydroxylation is 2. The monoisotopic (exact) mass is 503 g/mol. The summed E-state index contributed by atoms with van der Waals surface area (Å²) in [6.45, 7) is 3.93. The molecule has 0 aliphatic carbocycles. The molecule has 5 aromatic rings. The number of hydrogen-bond acceptors (Lipinski definition) is 4. The summed E-state index contributed by atoms with van der Waals surface area (Å²) in [6, 6.07) is 30.0. The number of carboxylic acid groups (broad SMARTS) is 1. The van der Waals surface area contributed by atoms with Crippen molar-refractivity contribution in [3.63, 3.8) is 0 Å². The van der Waals surface area contributed by atoms with E-state index in [1.54, 1.807) is 42.5 Å². The molecule has 0 aliphatic heterocycles. The number of carbonyl (C=O) groups is 2. The molecule has 5 rings (SSSR count). The lowest BCUT2D eigenvalue weighted by Gasteiger charge is -2.12. The van der Waals surface area contributed by atoms with Crippen LogP contribution in [0.2, 0.25) is 0 Å². The Balaban J connectivity index is 1.27. The highest BCUT2D eigenvalue weighted by Gasteiger charge is 2.12. The number of carboxylic acids is 1. The molecule has 38 heavy (non-hydrogen) atoms. The number of furan rings is 1. The lowest BCUT2D eigenvalue weighted by atomic mass is 10.0. The molecule has 7 nitrogen and oxygen atoms in total. The number of carbonyl (C=O) groups excluding carboxylic acids is 1. The highest BCUT2D eigenvalue weighted by atomic mass is 16.4. The van der Waals surface area contributed by atoms with Gasteiger partial charge in [0.15, 0.2) is 0 Å². The number of benzene rings is 3. The van der Waals surface area contributed by atoms with E-state index in [1.165, 1.54) is 6.21 Å². The molecular formula is C31H25N3O4. The van der Waals surface area contributed by atoms with Crippen molar-refractivity contribution in [2.75, 3.05) is 0 Å². The average molecular weight is 504 g/mol. The van der Waals surface area contributed by atoms with Gasteiger partial charge in [-0.15, -0.1) is 0 Å². The van der Waals surface area contributed by atoms with Gasteiger partial charge in [-0.1, -0.05) is 36.4 Å². The zero-order chi connectivity index (χ0) is 26.6. The zero-order valence-corrected chi connectivity index (χ0v) is 20.9. The summed E-state index contributed by atoms with van der Waals surface area (Å²) >= 11 is 0. The minimum atomic E-state index is -1.00. The smallest absolute Gasteiger partial charge is 0.335 e. The molecule has 0 bridgehead atoms. The second-order valence-corrected chi connectivity index (χ2v) is 8.84. The van der Waals surface area contributed by atoms with Gasteiger partial charge in [-0.2, -0.15) is 5.10 Å². The number of aromatic nitrogens is 1. The van der Waals surface area contributed by atoms with Gasteiger partial charge in [0.25, 0.3) is 5.91 Å². The van der Waals surface area contributed by atoms with Crippen molar-refractivity contribution in [1.82, 2.24) is 9.99 Å². The summed E-state index contributed by atoms with van der Waals surface area (Å²) in [6.07, 6.45) is 1.40. The molecule has 2 heterocycles. The van der Waals surface area contributed by atoms with E-state index >= 15 is 0 Å². The highest BCUT2D eigenvalue weighted by molar-refractivity contribution is 5.95. The van der Waals surface area contributed by atoms with Crippen molar-refractivity contribution in [2.24, 2.45) is 5.10 Å². The molecule has 2 aromatic heterocycles. The van der Waals surface area contributed by atoms with Crippen molar-refractivity contribution in [3.05, 3.63) is 125 Å². The molecule has 0 saturated heterocycles. The van der Waals surface area contributed by atoms with E-state index < -0.39 is 5.97 Å².